The van der Waals surface area contributed by atoms with Crippen molar-refractivity contribution in [2.24, 2.45) is 0 Å². The Balaban J connectivity index is 2.35. The topological polar surface area (TPSA) is 131 Å². The molecule has 0 bridgehead atoms. The zero-order valence-corrected chi connectivity index (χ0v) is 21.6. The zero-order chi connectivity index (χ0) is 25.2. The van der Waals surface area contributed by atoms with E-state index in [1.165, 1.54) is 32.0 Å². The van der Waals surface area contributed by atoms with Gasteiger partial charge < -0.3 is 14.6 Å². The molecule has 12 heteroatoms. The number of ether oxygens (including phenoxy) is 2. The molecule has 1 N–H and O–H groups in total. The summed E-state index contributed by atoms with van der Waals surface area (Å²) in [5.41, 5.74) is -2.47. The van der Waals surface area contributed by atoms with Crippen LogP contribution in [0.25, 0.3) is 0 Å². The molecule has 1 saturated heterocycles. The lowest BCUT2D eigenvalue weighted by atomic mass is 10.1. The van der Waals surface area contributed by atoms with Gasteiger partial charge in [-0.2, -0.15) is 4.31 Å². The summed E-state index contributed by atoms with van der Waals surface area (Å²) in [6.45, 7) is 7.31. The van der Waals surface area contributed by atoms with E-state index in [2.05, 4.69) is 15.9 Å². The molecule has 10 nitrogen and oxygen atoms in total. The third-order valence-corrected chi connectivity index (χ3v) is 7.39. The van der Waals surface area contributed by atoms with Gasteiger partial charge in [0.25, 0.3) is 10.0 Å². The summed E-state index contributed by atoms with van der Waals surface area (Å²) in [5.74, 6) is -1.14. The standard InChI is InChI=1S/C21H29BrN2O8S/c1-20(2,3)31-19(28)24(33(29,30)16-11-7-6-9-14(16)22)13-21(4,5)32-18(27)23-12-8-10-15(23)17(25)26/h6-7,9,11,15H,8,10,12-13H2,1-5H3,(H,25,26). The number of likely N-dealkylation sites (tertiary alicyclic amines) is 1. The Bertz CT molecular complexity index is 1020. The lowest BCUT2D eigenvalue weighted by Gasteiger charge is -2.34. The smallest absolute Gasteiger partial charge is 0.424 e. The van der Waals surface area contributed by atoms with Gasteiger partial charge in [-0.3, -0.25) is 4.90 Å². The summed E-state index contributed by atoms with van der Waals surface area (Å²) in [4.78, 5) is 37.9. The monoisotopic (exact) mass is 548 g/mol. The lowest BCUT2D eigenvalue weighted by molar-refractivity contribution is -0.142. The van der Waals surface area contributed by atoms with Crippen LogP contribution in [-0.4, -0.2) is 71.2 Å². The highest BCUT2D eigenvalue weighted by atomic mass is 79.9. The van der Waals surface area contributed by atoms with Crippen LogP contribution in [0.3, 0.4) is 0 Å². The fourth-order valence-electron chi connectivity index (χ4n) is 3.25. The summed E-state index contributed by atoms with van der Waals surface area (Å²) in [6.07, 6.45) is -1.22. The van der Waals surface area contributed by atoms with E-state index >= 15 is 0 Å². The van der Waals surface area contributed by atoms with Crippen LogP contribution in [0.2, 0.25) is 0 Å². The fraction of sp³-hybridized carbons (Fsp3) is 0.571. The van der Waals surface area contributed by atoms with E-state index in [1.54, 1.807) is 26.8 Å². The average Bonchev–Trinajstić information content (AvgIpc) is 3.15. The van der Waals surface area contributed by atoms with E-state index in [0.29, 0.717) is 17.1 Å². The maximum Gasteiger partial charge on any atom is 0.424 e. The van der Waals surface area contributed by atoms with E-state index in [-0.39, 0.29) is 15.9 Å². The number of carbonyl (C=O) groups excluding carboxylic acids is 2. The van der Waals surface area contributed by atoms with Gasteiger partial charge in [-0.25, -0.2) is 22.8 Å². The molecule has 2 rings (SSSR count). The number of carboxylic acid groups (broad SMARTS) is 1. The van der Waals surface area contributed by atoms with Crippen molar-refractivity contribution in [1.29, 1.82) is 0 Å². The van der Waals surface area contributed by atoms with E-state index in [0.717, 1.165) is 4.90 Å². The van der Waals surface area contributed by atoms with Crippen LogP contribution in [0.4, 0.5) is 9.59 Å². The maximum absolute atomic E-state index is 13.4. The van der Waals surface area contributed by atoms with Gasteiger partial charge in [0.05, 0.1) is 6.54 Å². The SMILES string of the molecule is CC(C)(C)OC(=O)N(CC(C)(C)OC(=O)N1CCCC1C(=O)O)S(=O)(=O)c1ccccc1Br. The Hall–Kier alpha value is -2.34. The summed E-state index contributed by atoms with van der Waals surface area (Å²) in [6, 6.07) is 4.97. The molecule has 2 amide bonds. The highest BCUT2D eigenvalue weighted by molar-refractivity contribution is 9.10. The largest absolute Gasteiger partial charge is 0.480 e. The molecule has 1 unspecified atom stereocenters. The van der Waals surface area contributed by atoms with E-state index in [4.69, 9.17) is 9.47 Å². The molecule has 0 aliphatic carbocycles. The molecule has 1 fully saturated rings. The van der Waals surface area contributed by atoms with Gasteiger partial charge in [0.2, 0.25) is 0 Å². The molecule has 184 valence electrons. The number of hydrogen-bond donors (Lipinski definition) is 1. The Morgan fingerprint density at radius 3 is 2.30 bits per heavy atom. The molecule has 0 saturated carbocycles. The molecule has 1 heterocycles. The minimum atomic E-state index is -4.40. The number of carboxylic acids is 1. The molecular formula is C21H29BrN2O8S. The van der Waals surface area contributed by atoms with Crippen LogP contribution in [0, 0.1) is 0 Å². The van der Waals surface area contributed by atoms with Crippen molar-refractivity contribution in [2.75, 3.05) is 13.1 Å². The number of aliphatic carboxylic acids is 1. The van der Waals surface area contributed by atoms with Crippen LogP contribution in [0.1, 0.15) is 47.5 Å². The Labute approximate surface area is 202 Å². The van der Waals surface area contributed by atoms with Gasteiger partial charge in [0, 0.05) is 11.0 Å². The Kier molecular flexibility index (Phi) is 8.06. The van der Waals surface area contributed by atoms with Crippen LogP contribution in [0.5, 0.6) is 0 Å². The molecule has 0 aromatic heterocycles. The quantitative estimate of drug-likeness (QED) is 0.567. The van der Waals surface area contributed by atoms with Gasteiger partial charge in [-0.05, 0) is 75.5 Å². The van der Waals surface area contributed by atoms with Crippen molar-refractivity contribution in [3.05, 3.63) is 28.7 Å². The number of rotatable bonds is 6. The number of nitrogens with zero attached hydrogens (tertiary/aromatic N) is 2. The summed E-state index contributed by atoms with van der Waals surface area (Å²) >= 11 is 3.19. The van der Waals surface area contributed by atoms with Gasteiger partial charge in [0.15, 0.2) is 0 Å². The fourth-order valence-corrected chi connectivity index (χ4v) is 5.66. The van der Waals surface area contributed by atoms with Gasteiger partial charge >= 0.3 is 18.2 Å². The van der Waals surface area contributed by atoms with Crippen molar-refractivity contribution in [3.8, 4) is 0 Å². The molecule has 33 heavy (non-hydrogen) atoms. The summed E-state index contributed by atoms with van der Waals surface area (Å²) in [5, 5.41) is 9.31. The number of carbonyl (C=O) groups is 3. The second-order valence-electron chi connectivity index (χ2n) is 9.24. The highest BCUT2D eigenvalue weighted by Gasteiger charge is 2.42. The molecule has 1 aromatic carbocycles. The van der Waals surface area contributed by atoms with Crippen LogP contribution in [-0.2, 0) is 24.3 Å². The maximum atomic E-state index is 13.4. The van der Waals surface area contributed by atoms with Crippen molar-refractivity contribution in [1.82, 2.24) is 9.21 Å². The lowest BCUT2D eigenvalue weighted by Crippen LogP contribution is -2.51. The second kappa shape index (κ2) is 9.88. The van der Waals surface area contributed by atoms with Crippen LogP contribution >= 0.6 is 15.9 Å². The van der Waals surface area contributed by atoms with Crippen molar-refractivity contribution < 1.29 is 37.4 Å². The first kappa shape index (κ1) is 26.9. The molecule has 0 radical (unpaired) electrons. The predicted octanol–water partition coefficient (Wildman–Crippen LogP) is 3.84. The second-order valence-corrected chi connectivity index (χ2v) is 11.9. The van der Waals surface area contributed by atoms with E-state index < -0.39 is 52.0 Å². The summed E-state index contributed by atoms with van der Waals surface area (Å²) < 4.78 is 38.4. The van der Waals surface area contributed by atoms with Crippen LogP contribution < -0.4 is 0 Å². The first-order valence-electron chi connectivity index (χ1n) is 10.3. The number of benzene rings is 1. The normalized spacial score (nSPS) is 16.9. The molecule has 1 aliphatic heterocycles. The number of hydrogen-bond acceptors (Lipinski definition) is 7. The molecule has 0 spiro atoms. The van der Waals surface area contributed by atoms with Crippen LogP contribution in [0.15, 0.2) is 33.6 Å². The zero-order valence-electron chi connectivity index (χ0n) is 19.2. The third-order valence-electron chi connectivity index (χ3n) is 4.66. The highest BCUT2D eigenvalue weighted by Crippen LogP contribution is 2.29. The average molecular weight is 549 g/mol. The van der Waals surface area contributed by atoms with Gasteiger partial charge in [0.1, 0.15) is 22.1 Å². The first-order valence-corrected chi connectivity index (χ1v) is 12.5. The van der Waals surface area contributed by atoms with Crippen molar-refractivity contribution in [2.45, 2.75) is 69.6 Å². The van der Waals surface area contributed by atoms with Gasteiger partial charge in [-0.1, -0.05) is 12.1 Å². The Morgan fingerprint density at radius 1 is 1.15 bits per heavy atom. The molecule has 1 aliphatic rings. The Morgan fingerprint density at radius 2 is 1.76 bits per heavy atom. The molecule has 1 atom stereocenters. The van der Waals surface area contributed by atoms with E-state index in [1.807, 2.05) is 0 Å². The number of halogens is 1. The number of sulfonamides is 1. The predicted molar refractivity (Wildman–Crippen MR) is 122 cm³/mol. The van der Waals surface area contributed by atoms with E-state index in [9.17, 15) is 27.9 Å². The number of amides is 2. The molecular weight excluding hydrogens is 520 g/mol. The van der Waals surface area contributed by atoms with Crippen molar-refractivity contribution >= 4 is 44.1 Å². The first-order chi connectivity index (χ1) is 15.0. The minimum absolute atomic E-state index is 0.163. The van der Waals surface area contributed by atoms with Crippen molar-refractivity contribution in [3.63, 3.8) is 0 Å². The minimum Gasteiger partial charge on any atom is -0.480 e. The molecule has 1 aromatic rings. The van der Waals surface area contributed by atoms with Gasteiger partial charge in [-0.15, -0.1) is 0 Å². The third kappa shape index (κ3) is 6.83. The summed E-state index contributed by atoms with van der Waals surface area (Å²) in [7, 11) is -4.40.